The number of aryl methyl sites for hydroxylation is 1. The second-order valence-corrected chi connectivity index (χ2v) is 5.78. The number of nitrogens with zero attached hydrogens (tertiary/aromatic N) is 3. The predicted molar refractivity (Wildman–Crippen MR) is 86.3 cm³/mol. The van der Waals surface area contributed by atoms with E-state index in [9.17, 15) is 4.79 Å². The minimum absolute atomic E-state index is 0.0855. The first kappa shape index (κ1) is 17.5. The summed E-state index contributed by atoms with van der Waals surface area (Å²) in [4.78, 5) is 16.8. The minimum atomic E-state index is -0.0855. The number of nitrogens with one attached hydrogen (secondary N) is 1. The molecule has 0 unspecified atom stereocenters. The average Bonchev–Trinajstić information content (AvgIpc) is 2.77. The van der Waals surface area contributed by atoms with Crippen LogP contribution in [0.5, 0.6) is 0 Å². The van der Waals surface area contributed by atoms with Gasteiger partial charge in [-0.25, -0.2) is 0 Å². The molecule has 0 aliphatic heterocycles. The normalized spacial score (nSPS) is 11.4. The van der Waals surface area contributed by atoms with E-state index < -0.39 is 0 Å². The molecule has 0 saturated heterocycles. The Hall–Kier alpha value is -1.56. The van der Waals surface area contributed by atoms with Gasteiger partial charge in [-0.3, -0.25) is 9.89 Å². The molecule has 1 aromatic heterocycles. The highest BCUT2D eigenvalue weighted by molar-refractivity contribution is 5.97. The fourth-order valence-corrected chi connectivity index (χ4v) is 2.27. The van der Waals surface area contributed by atoms with E-state index in [0.717, 1.165) is 25.3 Å². The lowest BCUT2D eigenvalue weighted by atomic mass is 10.2. The van der Waals surface area contributed by atoms with Gasteiger partial charge in [-0.2, -0.15) is 5.10 Å². The molecule has 1 rings (SSSR count). The topological polar surface area (TPSA) is 78.2 Å². The van der Waals surface area contributed by atoms with Crippen molar-refractivity contribution in [1.82, 2.24) is 20.0 Å². The molecular weight excluding hydrogens is 266 g/mol. The molecule has 120 valence electrons. The fourth-order valence-electron chi connectivity index (χ4n) is 2.27. The van der Waals surface area contributed by atoms with Gasteiger partial charge in [-0.05, 0) is 25.9 Å². The lowest BCUT2D eigenvalue weighted by Crippen LogP contribution is -2.41. The highest BCUT2D eigenvalue weighted by atomic mass is 16.2. The molecule has 0 bridgehead atoms. The summed E-state index contributed by atoms with van der Waals surface area (Å²) in [6, 6.07) is 0. The van der Waals surface area contributed by atoms with Gasteiger partial charge in [-0.1, -0.05) is 27.7 Å². The third-order valence-corrected chi connectivity index (χ3v) is 3.65. The maximum absolute atomic E-state index is 12.6. The summed E-state index contributed by atoms with van der Waals surface area (Å²) < 4.78 is 0. The number of amides is 1. The zero-order valence-electron chi connectivity index (χ0n) is 13.9. The predicted octanol–water partition coefficient (Wildman–Crippen LogP) is 1.74. The molecule has 0 aliphatic carbocycles. The number of rotatable bonds is 8. The molecule has 6 heteroatoms. The van der Waals surface area contributed by atoms with Crippen molar-refractivity contribution in [2.45, 2.75) is 34.6 Å². The van der Waals surface area contributed by atoms with Crippen LogP contribution in [0.3, 0.4) is 0 Å². The molecule has 0 fully saturated rings. The van der Waals surface area contributed by atoms with Gasteiger partial charge in [0.2, 0.25) is 0 Å². The van der Waals surface area contributed by atoms with E-state index in [4.69, 9.17) is 5.73 Å². The minimum Gasteiger partial charge on any atom is -0.395 e. The summed E-state index contributed by atoms with van der Waals surface area (Å²) in [7, 11) is 0. The summed E-state index contributed by atoms with van der Waals surface area (Å²) in [6.45, 7) is 14.6. The molecule has 0 saturated carbocycles. The Morgan fingerprint density at radius 2 is 1.90 bits per heavy atom. The number of nitrogen functional groups attached to an aromatic ring is 1. The number of likely N-dealkylation sites (N-methyl/N-ethyl adjacent to an activating group) is 1. The Bertz CT molecular complexity index is 451. The number of hydrogen-bond acceptors (Lipinski definition) is 4. The first-order chi connectivity index (χ1) is 9.90. The van der Waals surface area contributed by atoms with Gasteiger partial charge in [0.1, 0.15) is 0 Å². The number of carbonyl (C=O) groups is 1. The van der Waals surface area contributed by atoms with Crippen LogP contribution in [-0.2, 0) is 0 Å². The number of hydrogen-bond donors (Lipinski definition) is 2. The second kappa shape index (κ2) is 8.02. The zero-order valence-corrected chi connectivity index (χ0v) is 13.9. The third kappa shape index (κ3) is 4.74. The van der Waals surface area contributed by atoms with Gasteiger partial charge in [0.15, 0.2) is 5.69 Å². The lowest BCUT2D eigenvalue weighted by Gasteiger charge is -2.27. The molecule has 6 nitrogen and oxygen atoms in total. The number of anilines is 1. The largest absolute Gasteiger partial charge is 0.395 e. The maximum atomic E-state index is 12.6. The molecule has 0 aromatic carbocycles. The molecule has 0 aliphatic rings. The van der Waals surface area contributed by atoms with Crippen LogP contribution in [-0.4, -0.2) is 58.6 Å². The number of aromatic nitrogens is 2. The quantitative estimate of drug-likeness (QED) is 0.766. The molecule has 1 aromatic rings. The summed E-state index contributed by atoms with van der Waals surface area (Å²) >= 11 is 0. The number of carbonyl (C=O) groups excluding carboxylic acids is 1. The van der Waals surface area contributed by atoms with Crippen molar-refractivity contribution in [3.8, 4) is 0 Å². The zero-order chi connectivity index (χ0) is 16.0. The molecule has 1 heterocycles. The average molecular weight is 295 g/mol. The summed E-state index contributed by atoms with van der Waals surface area (Å²) in [6.07, 6.45) is 0. The van der Waals surface area contributed by atoms with E-state index >= 15 is 0 Å². The summed E-state index contributed by atoms with van der Waals surface area (Å²) in [5, 5.41) is 6.84. The summed E-state index contributed by atoms with van der Waals surface area (Å²) in [5.74, 6) is 0.324. The van der Waals surface area contributed by atoms with Crippen LogP contribution in [0.1, 0.15) is 43.9 Å². The SMILES string of the molecule is CCN(CC)CCN(CC(C)C)C(=O)c1n[nH]c(C)c1N. The van der Waals surface area contributed by atoms with E-state index in [0.29, 0.717) is 30.4 Å². The monoisotopic (exact) mass is 295 g/mol. The van der Waals surface area contributed by atoms with Crippen LogP contribution in [0.15, 0.2) is 0 Å². The molecular formula is C15H29N5O. The van der Waals surface area contributed by atoms with Crippen molar-refractivity contribution in [2.75, 3.05) is 38.5 Å². The summed E-state index contributed by atoms with van der Waals surface area (Å²) in [5.41, 5.74) is 7.47. The molecule has 0 atom stereocenters. The van der Waals surface area contributed by atoms with Crippen molar-refractivity contribution >= 4 is 11.6 Å². The Labute approximate surface area is 127 Å². The van der Waals surface area contributed by atoms with E-state index in [2.05, 4.69) is 42.8 Å². The van der Waals surface area contributed by atoms with Gasteiger partial charge in [0, 0.05) is 19.6 Å². The number of H-pyrrole nitrogens is 1. The standard InChI is InChI=1S/C15H29N5O/c1-6-19(7-2)8-9-20(10-11(3)4)15(21)14-13(16)12(5)17-18-14/h11H,6-10,16H2,1-5H3,(H,17,18). The van der Waals surface area contributed by atoms with Crippen molar-refractivity contribution in [1.29, 1.82) is 0 Å². The second-order valence-electron chi connectivity index (χ2n) is 5.78. The van der Waals surface area contributed by atoms with E-state index in [1.54, 1.807) is 0 Å². The van der Waals surface area contributed by atoms with Crippen LogP contribution in [0.25, 0.3) is 0 Å². The van der Waals surface area contributed by atoms with Crippen LogP contribution < -0.4 is 5.73 Å². The Kier molecular flexibility index (Phi) is 6.68. The van der Waals surface area contributed by atoms with Crippen molar-refractivity contribution in [2.24, 2.45) is 5.92 Å². The number of aromatic amines is 1. The van der Waals surface area contributed by atoms with Crippen molar-refractivity contribution < 1.29 is 4.79 Å². The molecule has 0 spiro atoms. The smallest absolute Gasteiger partial charge is 0.276 e. The number of nitrogens with two attached hydrogens (primary N) is 1. The molecule has 3 N–H and O–H groups in total. The van der Waals surface area contributed by atoms with Crippen LogP contribution in [0.4, 0.5) is 5.69 Å². The Morgan fingerprint density at radius 3 is 2.33 bits per heavy atom. The van der Waals surface area contributed by atoms with E-state index in [-0.39, 0.29) is 5.91 Å². The van der Waals surface area contributed by atoms with Gasteiger partial charge in [0.25, 0.3) is 5.91 Å². The van der Waals surface area contributed by atoms with Crippen LogP contribution in [0.2, 0.25) is 0 Å². The van der Waals surface area contributed by atoms with E-state index in [1.165, 1.54) is 0 Å². The molecule has 21 heavy (non-hydrogen) atoms. The van der Waals surface area contributed by atoms with Crippen molar-refractivity contribution in [3.05, 3.63) is 11.4 Å². The van der Waals surface area contributed by atoms with Gasteiger partial charge >= 0.3 is 0 Å². The van der Waals surface area contributed by atoms with Gasteiger partial charge in [-0.15, -0.1) is 0 Å². The molecule has 1 amide bonds. The van der Waals surface area contributed by atoms with Gasteiger partial charge in [0.05, 0.1) is 11.4 Å². The first-order valence-electron chi connectivity index (χ1n) is 7.72. The van der Waals surface area contributed by atoms with Crippen LogP contribution >= 0.6 is 0 Å². The Morgan fingerprint density at radius 1 is 1.29 bits per heavy atom. The third-order valence-electron chi connectivity index (χ3n) is 3.65. The van der Waals surface area contributed by atoms with Crippen molar-refractivity contribution in [3.63, 3.8) is 0 Å². The van der Waals surface area contributed by atoms with E-state index in [1.807, 2.05) is 11.8 Å². The lowest BCUT2D eigenvalue weighted by molar-refractivity contribution is 0.0711. The Balaban J connectivity index is 2.81. The van der Waals surface area contributed by atoms with Crippen LogP contribution in [0, 0.1) is 12.8 Å². The highest BCUT2D eigenvalue weighted by Gasteiger charge is 2.22. The first-order valence-corrected chi connectivity index (χ1v) is 7.72. The fraction of sp³-hybridized carbons (Fsp3) is 0.733. The maximum Gasteiger partial charge on any atom is 0.276 e. The van der Waals surface area contributed by atoms with Gasteiger partial charge < -0.3 is 15.5 Å². The molecule has 0 radical (unpaired) electrons. The highest BCUT2D eigenvalue weighted by Crippen LogP contribution is 2.15.